The normalized spacial score (nSPS) is 10.1. The van der Waals surface area contributed by atoms with Gasteiger partial charge in [0.1, 0.15) is 0 Å². The van der Waals surface area contributed by atoms with E-state index >= 15 is 0 Å². The molecular weight excluding hydrogens is 198 g/mol. The van der Waals surface area contributed by atoms with Gasteiger partial charge in [0.2, 0.25) is 0 Å². The van der Waals surface area contributed by atoms with Crippen LogP contribution < -0.4 is 11.1 Å². The van der Waals surface area contributed by atoms with Crippen molar-refractivity contribution in [1.82, 2.24) is 4.98 Å². The van der Waals surface area contributed by atoms with E-state index in [0.29, 0.717) is 0 Å². The highest BCUT2D eigenvalue weighted by Crippen LogP contribution is 2.13. The van der Waals surface area contributed by atoms with Gasteiger partial charge in [-0.15, -0.1) is 0 Å². The molecule has 3 heteroatoms. The number of nitrogens with zero attached hydrogens (tertiary/aromatic N) is 1. The predicted octanol–water partition coefficient (Wildman–Crippen LogP) is 2.58. The zero-order valence-corrected chi connectivity index (χ0v) is 9.27. The number of hydrogen-bond acceptors (Lipinski definition) is 3. The molecule has 2 aromatic rings. The third kappa shape index (κ3) is 2.51. The second kappa shape index (κ2) is 4.66. The van der Waals surface area contributed by atoms with Gasteiger partial charge < -0.3 is 11.1 Å². The first kappa shape index (κ1) is 10.5. The molecule has 1 heterocycles. The number of anilines is 2. The number of aryl methyl sites for hydroxylation is 1. The lowest BCUT2D eigenvalue weighted by atomic mass is 10.1. The van der Waals surface area contributed by atoms with Crippen LogP contribution in [0.25, 0.3) is 0 Å². The first-order valence-corrected chi connectivity index (χ1v) is 5.24. The van der Waals surface area contributed by atoms with Crippen molar-refractivity contribution in [3.05, 3.63) is 53.9 Å². The number of pyridine rings is 1. The summed E-state index contributed by atoms with van der Waals surface area (Å²) in [5.74, 6) is 0. The minimum absolute atomic E-state index is 0.783. The van der Waals surface area contributed by atoms with Gasteiger partial charge in [-0.05, 0) is 48.4 Å². The minimum atomic E-state index is 0.783. The number of nitrogen functional groups attached to an aromatic ring is 1. The molecule has 0 saturated carbocycles. The molecule has 0 unspecified atom stereocenters. The molecule has 0 saturated heterocycles. The van der Waals surface area contributed by atoms with Crippen LogP contribution in [0, 0.1) is 6.92 Å². The quantitative estimate of drug-likeness (QED) is 0.770. The molecule has 0 amide bonds. The van der Waals surface area contributed by atoms with Gasteiger partial charge in [0.15, 0.2) is 0 Å². The molecule has 0 bridgehead atoms. The van der Waals surface area contributed by atoms with Gasteiger partial charge >= 0.3 is 0 Å². The summed E-state index contributed by atoms with van der Waals surface area (Å²) in [4.78, 5) is 4.07. The van der Waals surface area contributed by atoms with Gasteiger partial charge in [0.05, 0.1) is 0 Å². The summed E-state index contributed by atoms with van der Waals surface area (Å²) in [7, 11) is 0. The van der Waals surface area contributed by atoms with Crippen molar-refractivity contribution < 1.29 is 0 Å². The van der Waals surface area contributed by atoms with Crippen LogP contribution in [0.1, 0.15) is 11.1 Å². The summed E-state index contributed by atoms with van der Waals surface area (Å²) < 4.78 is 0. The maximum atomic E-state index is 5.62. The molecule has 0 aliphatic heterocycles. The van der Waals surface area contributed by atoms with Gasteiger partial charge in [-0.25, -0.2) is 0 Å². The first-order chi connectivity index (χ1) is 7.75. The molecule has 3 nitrogen and oxygen atoms in total. The average molecular weight is 213 g/mol. The number of aromatic nitrogens is 1. The molecule has 1 aromatic heterocycles. The summed E-state index contributed by atoms with van der Waals surface area (Å²) in [6.07, 6.45) is 3.69. The Kier molecular flexibility index (Phi) is 3.05. The fraction of sp³-hybridized carbons (Fsp3) is 0.154. The highest BCUT2D eigenvalue weighted by Gasteiger charge is 1.97. The van der Waals surface area contributed by atoms with Gasteiger partial charge in [0.25, 0.3) is 0 Å². The lowest BCUT2D eigenvalue weighted by molar-refractivity contribution is 1.09. The van der Waals surface area contributed by atoms with Crippen molar-refractivity contribution in [2.24, 2.45) is 0 Å². The van der Waals surface area contributed by atoms with E-state index in [9.17, 15) is 0 Å². The van der Waals surface area contributed by atoms with Gasteiger partial charge in [0, 0.05) is 30.3 Å². The van der Waals surface area contributed by atoms with Gasteiger partial charge in [-0.3, -0.25) is 4.98 Å². The summed E-state index contributed by atoms with van der Waals surface area (Å²) in [6, 6.07) is 9.76. The van der Waals surface area contributed by atoms with Crippen LogP contribution in [-0.2, 0) is 6.54 Å². The van der Waals surface area contributed by atoms with Crippen LogP contribution in [0.2, 0.25) is 0 Å². The van der Waals surface area contributed by atoms with Crippen LogP contribution in [0.3, 0.4) is 0 Å². The lowest BCUT2D eigenvalue weighted by Crippen LogP contribution is -2.01. The molecule has 0 aliphatic rings. The Hall–Kier alpha value is -2.03. The van der Waals surface area contributed by atoms with E-state index in [1.54, 1.807) is 0 Å². The highest BCUT2D eigenvalue weighted by molar-refractivity contribution is 5.51. The number of nitrogens with two attached hydrogens (primary N) is 1. The number of hydrogen-bond donors (Lipinski definition) is 2. The number of benzene rings is 1. The maximum absolute atomic E-state index is 5.62. The average Bonchev–Trinajstić information content (AvgIpc) is 2.30. The fourth-order valence-electron chi connectivity index (χ4n) is 1.50. The van der Waals surface area contributed by atoms with E-state index < -0.39 is 0 Å². The summed E-state index contributed by atoms with van der Waals surface area (Å²) in [5, 5.41) is 3.35. The first-order valence-electron chi connectivity index (χ1n) is 5.24. The maximum Gasteiger partial charge on any atom is 0.0404 e. The number of rotatable bonds is 3. The Labute approximate surface area is 95.3 Å². The van der Waals surface area contributed by atoms with E-state index in [4.69, 9.17) is 5.73 Å². The standard InChI is InChI=1S/C13H15N3/c1-10-8-15-7-6-11(10)9-16-13-4-2-12(14)3-5-13/h2-8,16H,9,14H2,1H3. The Morgan fingerprint density at radius 1 is 1.19 bits per heavy atom. The Morgan fingerprint density at radius 2 is 1.94 bits per heavy atom. The summed E-state index contributed by atoms with van der Waals surface area (Å²) in [5.41, 5.74) is 9.94. The van der Waals surface area contributed by atoms with Crippen molar-refractivity contribution in [2.75, 3.05) is 11.1 Å². The van der Waals surface area contributed by atoms with E-state index in [2.05, 4.69) is 17.2 Å². The Bertz CT molecular complexity index is 463. The van der Waals surface area contributed by atoms with E-state index in [-0.39, 0.29) is 0 Å². The molecule has 2 rings (SSSR count). The topological polar surface area (TPSA) is 50.9 Å². The largest absolute Gasteiger partial charge is 0.399 e. The fourth-order valence-corrected chi connectivity index (χ4v) is 1.50. The van der Waals surface area contributed by atoms with E-state index in [1.807, 2.05) is 42.7 Å². The molecule has 0 fully saturated rings. The smallest absolute Gasteiger partial charge is 0.0404 e. The molecule has 3 N–H and O–H groups in total. The van der Waals surface area contributed by atoms with Gasteiger partial charge in [-0.2, -0.15) is 0 Å². The third-order valence-corrected chi connectivity index (χ3v) is 2.53. The Balaban J connectivity index is 2.02. The molecule has 16 heavy (non-hydrogen) atoms. The summed E-state index contributed by atoms with van der Waals surface area (Å²) >= 11 is 0. The van der Waals surface area contributed by atoms with Crippen molar-refractivity contribution in [1.29, 1.82) is 0 Å². The monoisotopic (exact) mass is 213 g/mol. The van der Waals surface area contributed by atoms with Crippen LogP contribution in [0.15, 0.2) is 42.7 Å². The number of nitrogens with one attached hydrogen (secondary N) is 1. The van der Waals surface area contributed by atoms with Crippen LogP contribution in [0.4, 0.5) is 11.4 Å². The molecule has 82 valence electrons. The zero-order chi connectivity index (χ0) is 11.4. The Morgan fingerprint density at radius 3 is 2.62 bits per heavy atom. The predicted molar refractivity (Wildman–Crippen MR) is 67.2 cm³/mol. The SMILES string of the molecule is Cc1cnccc1CNc1ccc(N)cc1. The summed E-state index contributed by atoms with van der Waals surface area (Å²) in [6.45, 7) is 2.87. The molecule has 0 aliphatic carbocycles. The highest BCUT2D eigenvalue weighted by atomic mass is 14.9. The second-order valence-electron chi connectivity index (χ2n) is 3.78. The van der Waals surface area contributed by atoms with Crippen LogP contribution >= 0.6 is 0 Å². The molecule has 0 spiro atoms. The van der Waals surface area contributed by atoms with Crippen molar-refractivity contribution in [2.45, 2.75) is 13.5 Å². The lowest BCUT2D eigenvalue weighted by Gasteiger charge is -2.08. The molecule has 0 radical (unpaired) electrons. The van der Waals surface area contributed by atoms with Gasteiger partial charge in [-0.1, -0.05) is 0 Å². The van der Waals surface area contributed by atoms with Crippen molar-refractivity contribution in [3.63, 3.8) is 0 Å². The van der Waals surface area contributed by atoms with Crippen LogP contribution in [-0.4, -0.2) is 4.98 Å². The molecule has 0 atom stereocenters. The second-order valence-corrected chi connectivity index (χ2v) is 3.78. The van der Waals surface area contributed by atoms with E-state index in [0.717, 1.165) is 17.9 Å². The zero-order valence-electron chi connectivity index (χ0n) is 9.27. The molecular formula is C13H15N3. The van der Waals surface area contributed by atoms with E-state index in [1.165, 1.54) is 11.1 Å². The van der Waals surface area contributed by atoms with Crippen LogP contribution in [0.5, 0.6) is 0 Å². The third-order valence-electron chi connectivity index (χ3n) is 2.53. The van der Waals surface area contributed by atoms with Crippen molar-refractivity contribution in [3.8, 4) is 0 Å². The molecule has 1 aromatic carbocycles. The minimum Gasteiger partial charge on any atom is -0.399 e. The van der Waals surface area contributed by atoms with Crippen molar-refractivity contribution >= 4 is 11.4 Å².